The zero-order valence-corrected chi connectivity index (χ0v) is 16.8. The van der Waals surface area contributed by atoms with Crippen LogP contribution >= 0.6 is 0 Å². The van der Waals surface area contributed by atoms with Crippen LogP contribution in [-0.2, 0) is 17.4 Å². The Hall–Kier alpha value is -0.908. The van der Waals surface area contributed by atoms with Gasteiger partial charge in [-0.05, 0) is 18.4 Å². The zero-order valence-electron chi connectivity index (χ0n) is 14.0. The number of fused-ring (bicyclic) bond motifs is 1. The number of aryl methyl sites for hydroxylation is 1. The molecule has 0 unspecified atom stereocenters. The van der Waals surface area contributed by atoms with E-state index in [0.717, 1.165) is 11.2 Å². The average Bonchev–Trinajstić information content (AvgIpc) is 2.63. The molecule has 0 amide bonds. The third-order valence-corrected chi connectivity index (χ3v) is 4.57. The van der Waals surface area contributed by atoms with Gasteiger partial charge < -0.3 is 24.8 Å². The van der Waals surface area contributed by atoms with Gasteiger partial charge in [-0.25, -0.2) is 0 Å². The van der Waals surface area contributed by atoms with Gasteiger partial charge in [0.2, 0.25) is 0 Å². The second-order valence-electron chi connectivity index (χ2n) is 5.70. The Labute approximate surface area is 161 Å². The fraction of sp³-hybridized carbons (Fsp3) is 0.263. The quantitative estimate of drug-likeness (QED) is 0.499. The van der Waals surface area contributed by atoms with E-state index in [4.69, 9.17) is 4.98 Å². The predicted molar refractivity (Wildman–Crippen MR) is 86.5 cm³/mol. The Morgan fingerprint density at radius 2 is 1.35 bits per heavy atom. The molecule has 1 aromatic heterocycles. The predicted octanol–water partition coefficient (Wildman–Crippen LogP) is -0.832. The van der Waals surface area contributed by atoms with Gasteiger partial charge in [0.1, 0.15) is 0 Å². The van der Waals surface area contributed by atoms with Gasteiger partial charge in [0, 0.05) is 11.2 Å². The Morgan fingerprint density at radius 3 is 1.91 bits per heavy atom. The summed E-state index contributed by atoms with van der Waals surface area (Å²) in [5.41, 5.74) is 10.4. The summed E-state index contributed by atoms with van der Waals surface area (Å²) in [5, 5.41) is 1.21. The van der Waals surface area contributed by atoms with E-state index >= 15 is 0 Å². The van der Waals surface area contributed by atoms with Crippen LogP contribution in [0, 0.1) is 34.6 Å². The number of aromatic nitrogens is 1. The molecule has 23 heavy (non-hydrogen) atoms. The molecule has 0 saturated carbocycles. The SMILES string of the molecule is Cc1ccc2cccc(-[c-]3c(C)c(C)c(C)c3C)c2n1.[Cl-].[Cl-].[Cr+3]. The number of nitrogens with zero attached hydrogens (tertiary/aromatic N) is 1. The first-order valence-electron chi connectivity index (χ1n) is 7.10. The van der Waals surface area contributed by atoms with E-state index in [-0.39, 0.29) is 42.2 Å². The minimum atomic E-state index is 0. The fourth-order valence-electron chi connectivity index (χ4n) is 3.07. The molecule has 3 aromatic rings. The standard InChI is InChI=1S/C19H20N.2ClH.Cr/c1-11-9-10-16-7-6-8-17(19(16)20-11)18-14(4)12(2)13(3)15(18)5;;;/h6-10H,1-5H3;2*1H;/q-1;;;+3/p-2. The maximum Gasteiger partial charge on any atom is 3.00 e. The Kier molecular flexibility index (Phi) is 7.94. The van der Waals surface area contributed by atoms with Crippen LogP contribution in [0.4, 0.5) is 0 Å². The summed E-state index contributed by atoms with van der Waals surface area (Å²) in [4.78, 5) is 4.77. The van der Waals surface area contributed by atoms with Crippen molar-refractivity contribution in [2.75, 3.05) is 0 Å². The number of pyridine rings is 1. The molecular weight excluding hydrogens is 365 g/mol. The van der Waals surface area contributed by atoms with Crippen LogP contribution in [0.2, 0.25) is 0 Å². The van der Waals surface area contributed by atoms with Crippen LogP contribution in [0.1, 0.15) is 27.9 Å². The topological polar surface area (TPSA) is 12.9 Å². The number of benzene rings is 1. The van der Waals surface area contributed by atoms with Crippen molar-refractivity contribution in [1.29, 1.82) is 0 Å². The zero-order chi connectivity index (χ0) is 14.4. The molecule has 1 heterocycles. The molecule has 121 valence electrons. The first-order valence-corrected chi connectivity index (χ1v) is 7.10. The maximum atomic E-state index is 4.77. The van der Waals surface area contributed by atoms with Crippen molar-refractivity contribution in [1.82, 2.24) is 4.98 Å². The minimum absolute atomic E-state index is 0. The van der Waals surface area contributed by atoms with Gasteiger partial charge in [0.25, 0.3) is 0 Å². The molecule has 4 heteroatoms. The van der Waals surface area contributed by atoms with E-state index in [1.807, 2.05) is 0 Å². The second kappa shape index (κ2) is 8.27. The van der Waals surface area contributed by atoms with Crippen LogP contribution in [0.15, 0.2) is 30.3 Å². The van der Waals surface area contributed by atoms with Crippen molar-refractivity contribution < 1.29 is 42.2 Å². The number of hydrogen-bond donors (Lipinski definition) is 0. The van der Waals surface area contributed by atoms with E-state index in [1.54, 1.807) is 0 Å². The van der Waals surface area contributed by atoms with Crippen molar-refractivity contribution in [3.63, 3.8) is 0 Å². The number of rotatable bonds is 1. The molecule has 3 rings (SSSR count). The van der Waals surface area contributed by atoms with Gasteiger partial charge in [-0.2, -0.15) is 0 Å². The van der Waals surface area contributed by atoms with Crippen molar-refractivity contribution in [3.05, 3.63) is 58.3 Å². The molecule has 0 aliphatic heterocycles. The third kappa shape index (κ3) is 3.62. The first kappa shape index (κ1) is 22.1. The number of para-hydroxylation sites is 1. The molecule has 0 bridgehead atoms. The fourth-order valence-corrected chi connectivity index (χ4v) is 3.07. The van der Waals surface area contributed by atoms with Gasteiger partial charge in [0.05, 0.1) is 0 Å². The Bertz CT molecular complexity index is 796. The monoisotopic (exact) mass is 384 g/mol. The van der Waals surface area contributed by atoms with Crippen molar-refractivity contribution in [2.24, 2.45) is 0 Å². The molecule has 0 aliphatic rings. The number of halogens is 2. The summed E-state index contributed by atoms with van der Waals surface area (Å²) < 4.78 is 0. The molecule has 0 aliphatic carbocycles. The van der Waals surface area contributed by atoms with Gasteiger partial charge in [0.15, 0.2) is 0 Å². The van der Waals surface area contributed by atoms with E-state index in [0.29, 0.717) is 0 Å². The van der Waals surface area contributed by atoms with Crippen LogP contribution in [0.25, 0.3) is 22.0 Å². The van der Waals surface area contributed by atoms with E-state index in [2.05, 4.69) is 65.0 Å². The van der Waals surface area contributed by atoms with Crippen LogP contribution in [0.5, 0.6) is 0 Å². The van der Waals surface area contributed by atoms with E-state index in [1.165, 1.54) is 38.8 Å². The van der Waals surface area contributed by atoms with E-state index < -0.39 is 0 Å². The minimum Gasteiger partial charge on any atom is -1.00 e. The largest absolute Gasteiger partial charge is 3.00 e. The Morgan fingerprint density at radius 1 is 0.783 bits per heavy atom. The van der Waals surface area contributed by atoms with Gasteiger partial charge in [-0.15, -0.1) is 28.3 Å². The summed E-state index contributed by atoms with van der Waals surface area (Å²) >= 11 is 0. The van der Waals surface area contributed by atoms with Crippen LogP contribution < -0.4 is 24.8 Å². The summed E-state index contributed by atoms with van der Waals surface area (Å²) in [5.74, 6) is 0. The van der Waals surface area contributed by atoms with Gasteiger partial charge in [-0.3, -0.25) is 4.98 Å². The summed E-state index contributed by atoms with van der Waals surface area (Å²) in [6, 6.07) is 10.7. The Balaban J connectivity index is 0.00000161. The molecule has 1 radical (unpaired) electrons. The van der Waals surface area contributed by atoms with Crippen LogP contribution in [-0.4, -0.2) is 4.98 Å². The number of hydrogen-bond acceptors (Lipinski definition) is 1. The summed E-state index contributed by atoms with van der Waals surface area (Å²) in [7, 11) is 0. The molecule has 0 fully saturated rings. The van der Waals surface area contributed by atoms with Crippen molar-refractivity contribution >= 4 is 10.9 Å². The molecule has 1 nitrogen and oxygen atoms in total. The average molecular weight is 385 g/mol. The maximum absolute atomic E-state index is 4.77. The third-order valence-electron chi connectivity index (χ3n) is 4.57. The molecule has 2 aromatic carbocycles. The molecular formula is C19H20Cl2CrN. The summed E-state index contributed by atoms with van der Waals surface area (Å²) in [6.45, 7) is 10.9. The first-order chi connectivity index (χ1) is 9.50. The van der Waals surface area contributed by atoms with Crippen LogP contribution in [0.3, 0.4) is 0 Å². The second-order valence-corrected chi connectivity index (χ2v) is 5.70. The molecule has 0 saturated heterocycles. The summed E-state index contributed by atoms with van der Waals surface area (Å²) in [6.07, 6.45) is 0. The van der Waals surface area contributed by atoms with Crippen molar-refractivity contribution in [3.8, 4) is 11.1 Å². The van der Waals surface area contributed by atoms with Crippen molar-refractivity contribution in [2.45, 2.75) is 34.6 Å². The normalized spacial score (nSPS) is 9.78. The van der Waals surface area contributed by atoms with E-state index in [9.17, 15) is 0 Å². The molecule has 0 N–H and O–H groups in total. The van der Waals surface area contributed by atoms with Gasteiger partial charge in [-0.1, -0.05) is 57.0 Å². The molecule has 0 atom stereocenters. The molecule has 0 spiro atoms. The smallest absolute Gasteiger partial charge is 1.00 e. The van der Waals surface area contributed by atoms with Gasteiger partial charge >= 0.3 is 17.4 Å².